The molecule has 0 saturated heterocycles. The second kappa shape index (κ2) is 6.22. The maximum Gasteiger partial charge on any atom is 0.338 e. The van der Waals surface area contributed by atoms with Crippen LogP contribution in [0.2, 0.25) is 0 Å². The van der Waals surface area contributed by atoms with Crippen molar-refractivity contribution in [2.24, 2.45) is 0 Å². The van der Waals surface area contributed by atoms with Crippen molar-refractivity contribution in [1.29, 1.82) is 0 Å². The van der Waals surface area contributed by atoms with Gasteiger partial charge in [0.25, 0.3) is 0 Å². The van der Waals surface area contributed by atoms with Crippen molar-refractivity contribution in [1.82, 2.24) is 4.98 Å². The molecule has 2 heterocycles. The summed E-state index contributed by atoms with van der Waals surface area (Å²) in [7, 11) is 0. The number of carbonyl (C=O) groups excluding carboxylic acids is 2. The van der Waals surface area contributed by atoms with Gasteiger partial charge in [0.2, 0.25) is 6.79 Å². The zero-order valence-corrected chi connectivity index (χ0v) is 14.4. The Balaban J connectivity index is 1.46. The minimum Gasteiger partial charge on any atom is -0.454 e. The summed E-state index contributed by atoms with van der Waals surface area (Å²) in [6.07, 6.45) is 0. The highest BCUT2D eigenvalue weighted by molar-refractivity contribution is 6.01. The van der Waals surface area contributed by atoms with Gasteiger partial charge in [-0.05, 0) is 55.8 Å². The average Bonchev–Trinajstić information content (AvgIpc) is 3.23. The van der Waals surface area contributed by atoms with E-state index in [2.05, 4.69) is 4.98 Å². The Morgan fingerprint density at radius 3 is 2.65 bits per heavy atom. The molecule has 3 aromatic rings. The van der Waals surface area contributed by atoms with Crippen LogP contribution in [0, 0.1) is 13.8 Å². The normalized spacial score (nSPS) is 12.4. The number of hydrogen-bond donors (Lipinski definition) is 1. The fraction of sp³-hybridized carbons (Fsp3) is 0.200. The summed E-state index contributed by atoms with van der Waals surface area (Å²) in [6, 6.07) is 10.2. The zero-order chi connectivity index (χ0) is 18.3. The lowest BCUT2D eigenvalue weighted by Crippen LogP contribution is -2.14. The lowest BCUT2D eigenvalue weighted by molar-refractivity contribution is 0.0475. The predicted octanol–water partition coefficient (Wildman–Crippen LogP) is 3.55. The number of fused-ring (bicyclic) bond motifs is 2. The van der Waals surface area contributed by atoms with Gasteiger partial charge in [-0.25, -0.2) is 4.79 Å². The van der Waals surface area contributed by atoms with Crippen molar-refractivity contribution in [2.75, 3.05) is 13.4 Å². The van der Waals surface area contributed by atoms with E-state index in [1.54, 1.807) is 30.3 Å². The fourth-order valence-corrected chi connectivity index (χ4v) is 2.96. The molecular weight excluding hydrogens is 334 g/mol. The smallest absolute Gasteiger partial charge is 0.338 e. The standard InChI is InChI=1S/C20H17NO5/c1-11-12(2)21-16-5-3-14(7-15(11)16)20(23)24-9-17(22)13-4-6-18-19(8-13)26-10-25-18/h3-8,21H,9-10H2,1-2H3. The molecule has 1 aromatic heterocycles. The molecule has 0 bridgehead atoms. The van der Waals surface area contributed by atoms with Gasteiger partial charge >= 0.3 is 5.97 Å². The third-order valence-electron chi connectivity index (χ3n) is 4.57. The number of ketones is 1. The Hall–Kier alpha value is -3.28. The molecule has 0 spiro atoms. The Morgan fingerprint density at radius 2 is 1.81 bits per heavy atom. The molecule has 6 heteroatoms. The molecule has 0 atom stereocenters. The number of aromatic amines is 1. The lowest BCUT2D eigenvalue weighted by atomic mass is 10.1. The SMILES string of the molecule is Cc1[nH]c2ccc(C(=O)OCC(=O)c3ccc4c(c3)OCO4)cc2c1C. The molecule has 1 aliphatic heterocycles. The van der Waals surface area contributed by atoms with Crippen LogP contribution >= 0.6 is 0 Å². The summed E-state index contributed by atoms with van der Waals surface area (Å²) in [5.41, 5.74) is 3.94. The van der Waals surface area contributed by atoms with Gasteiger partial charge in [0.1, 0.15) is 0 Å². The number of benzene rings is 2. The van der Waals surface area contributed by atoms with E-state index >= 15 is 0 Å². The third-order valence-corrected chi connectivity index (χ3v) is 4.57. The number of esters is 1. The molecule has 2 aromatic carbocycles. The van der Waals surface area contributed by atoms with Crippen molar-refractivity contribution >= 4 is 22.7 Å². The van der Waals surface area contributed by atoms with Crippen molar-refractivity contribution in [2.45, 2.75) is 13.8 Å². The first-order chi connectivity index (χ1) is 12.5. The number of aryl methyl sites for hydroxylation is 2. The first-order valence-corrected chi connectivity index (χ1v) is 8.22. The highest BCUT2D eigenvalue weighted by Gasteiger charge is 2.18. The van der Waals surface area contributed by atoms with Crippen LogP contribution in [0.4, 0.5) is 0 Å². The first kappa shape index (κ1) is 16.2. The average molecular weight is 351 g/mol. The maximum absolute atomic E-state index is 12.3. The van der Waals surface area contributed by atoms with Crippen molar-refractivity contribution in [3.05, 3.63) is 58.8 Å². The monoisotopic (exact) mass is 351 g/mol. The maximum atomic E-state index is 12.3. The van der Waals surface area contributed by atoms with E-state index in [1.807, 2.05) is 19.9 Å². The summed E-state index contributed by atoms with van der Waals surface area (Å²) < 4.78 is 15.7. The Bertz CT molecular complexity index is 1030. The molecule has 0 fully saturated rings. The van der Waals surface area contributed by atoms with Crippen molar-refractivity contribution < 1.29 is 23.8 Å². The summed E-state index contributed by atoms with van der Waals surface area (Å²) in [5.74, 6) is 0.292. The van der Waals surface area contributed by atoms with Gasteiger partial charge in [0.05, 0.1) is 5.56 Å². The minimum atomic E-state index is -0.528. The largest absolute Gasteiger partial charge is 0.454 e. The quantitative estimate of drug-likeness (QED) is 0.574. The summed E-state index contributed by atoms with van der Waals surface area (Å²) in [4.78, 5) is 27.8. The van der Waals surface area contributed by atoms with Crippen LogP contribution in [0.5, 0.6) is 11.5 Å². The van der Waals surface area contributed by atoms with E-state index in [-0.39, 0.29) is 19.2 Å². The van der Waals surface area contributed by atoms with Crippen LogP contribution in [0.25, 0.3) is 10.9 Å². The highest BCUT2D eigenvalue weighted by Crippen LogP contribution is 2.32. The number of hydrogen-bond acceptors (Lipinski definition) is 5. The molecule has 0 saturated carbocycles. The number of aromatic nitrogens is 1. The molecule has 26 heavy (non-hydrogen) atoms. The topological polar surface area (TPSA) is 77.6 Å². The number of H-pyrrole nitrogens is 1. The van der Waals surface area contributed by atoms with Crippen LogP contribution in [0.15, 0.2) is 36.4 Å². The van der Waals surface area contributed by atoms with E-state index in [0.717, 1.165) is 22.2 Å². The van der Waals surface area contributed by atoms with Gasteiger partial charge in [-0.1, -0.05) is 0 Å². The van der Waals surface area contributed by atoms with E-state index in [9.17, 15) is 9.59 Å². The molecular formula is C20H17NO5. The summed E-state index contributed by atoms with van der Waals surface area (Å²) >= 11 is 0. The van der Waals surface area contributed by atoms with Gasteiger partial charge in [0.15, 0.2) is 23.9 Å². The van der Waals surface area contributed by atoms with Crippen molar-refractivity contribution in [3.63, 3.8) is 0 Å². The van der Waals surface area contributed by atoms with Crippen LogP contribution in [0.3, 0.4) is 0 Å². The van der Waals surface area contributed by atoms with E-state index in [4.69, 9.17) is 14.2 Å². The predicted molar refractivity (Wildman–Crippen MR) is 95.0 cm³/mol. The fourth-order valence-electron chi connectivity index (χ4n) is 2.96. The van der Waals surface area contributed by atoms with Crippen LogP contribution in [-0.2, 0) is 4.74 Å². The van der Waals surface area contributed by atoms with Crippen LogP contribution < -0.4 is 9.47 Å². The van der Waals surface area contributed by atoms with Gasteiger partial charge in [0, 0.05) is 22.2 Å². The Kier molecular flexibility index (Phi) is 3.88. The number of carbonyl (C=O) groups is 2. The third kappa shape index (κ3) is 2.79. The Labute approximate surface area is 149 Å². The minimum absolute atomic E-state index is 0.141. The highest BCUT2D eigenvalue weighted by atomic mass is 16.7. The van der Waals surface area contributed by atoms with Crippen molar-refractivity contribution in [3.8, 4) is 11.5 Å². The van der Waals surface area contributed by atoms with E-state index in [1.165, 1.54) is 0 Å². The second-order valence-electron chi connectivity index (χ2n) is 6.20. The lowest BCUT2D eigenvalue weighted by Gasteiger charge is -2.06. The van der Waals surface area contributed by atoms with E-state index in [0.29, 0.717) is 22.6 Å². The summed E-state index contributed by atoms with van der Waals surface area (Å²) in [5, 5.41) is 0.971. The summed E-state index contributed by atoms with van der Waals surface area (Å²) in [6.45, 7) is 3.79. The number of rotatable bonds is 4. The molecule has 0 radical (unpaired) electrons. The molecule has 0 aliphatic carbocycles. The number of Topliss-reactive ketones (excluding diaryl/α,β-unsaturated/α-hetero) is 1. The van der Waals surface area contributed by atoms with Gasteiger partial charge in [-0.2, -0.15) is 0 Å². The number of ether oxygens (including phenoxy) is 3. The van der Waals surface area contributed by atoms with Crippen LogP contribution in [-0.4, -0.2) is 30.1 Å². The number of nitrogens with one attached hydrogen (secondary N) is 1. The van der Waals surface area contributed by atoms with Crippen LogP contribution in [0.1, 0.15) is 32.0 Å². The Morgan fingerprint density at radius 1 is 1.04 bits per heavy atom. The van der Waals surface area contributed by atoms with Gasteiger partial charge in [-0.15, -0.1) is 0 Å². The second-order valence-corrected chi connectivity index (χ2v) is 6.20. The zero-order valence-electron chi connectivity index (χ0n) is 14.4. The van der Waals surface area contributed by atoms with Gasteiger partial charge < -0.3 is 19.2 Å². The molecule has 1 N–H and O–H groups in total. The molecule has 4 rings (SSSR count). The van der Waals surface area contributed by atoms with Gasteiger partial charge in [-0.3, -0.25) is 4.79 Å². The molecule has 6 nitrogen and oxygen atoms in total. The van der Waals surface area contributed by atoms with E-state index < -0.39 is 5.97 Å². The first-order valence-electron chi connectivity index (χ1n) is 8.22. The molecule has 1 aliphatic rings. The molecule has 132 valence electrons. The molecule has 0 amide bonds. The molecule has 0 unspecified atom stereocenters.